The molecule has 1 aromatic heterocycles. The SMILES string of the molecule is Cc1ccc(Cl)cc1NC(=O)c1c(-c2ccccc2)c(-c2ccccc2)n[nH]c1=O. The van der Waals surface area contributed by atoms with E-state index in [1.54, 1.807) is 12.1 Å². The van der Waals surface area contributed by atoms with E-state index >= 15 is 0 Å². The fraction of sp³-hybridized carbons (Fsp3) is 0.0417. The van der Waals surface area contributed by atoms with Crippen LogP contribution in [0.15, 0.2) is 83.7 Å². The minimum Gasteiger partial charge on any atom is -0.322 e. The average molecular weight is 416 g/mol. The highest BCUT2D eigenvalue weighted by molar-refractivity contribution is 6.31. The van der Waals surface area contributed by atoms with Crippen LogP contribution < -0.4 is 10.9 Å². The number of amides is 1. The molecule has 3 aromatic carbocycles. The first kappa shape index (κ1) is 19.6. The number of hydrogen-bond donors (Lipinski definition) is 2. The van der Waals surface area contributed by atoms with E-state index in [4.69, 9.17) is 11.6 Å². The maximum absolute atomic E-state index is 13.3. The summed E-state index contributed by atoms with van der Waals surface area (Å²) >= 11 is 6.08. The highest BCUT2D eigenvalue weighted by atomic mass is 35.5. The average Bonchev–Trinajstić information content (AvgIpc) is 2.77. The van der Waals surface area contributed by atoms with E-state index in [2.05, 4.69) is 15.5 Å². The number of hydrogen-bond acceptors (Lipinski definition) is 3. The lowest BCUT2D eigenvalue weighted by molar-refractivity contribution is 0.102. The van der Waals surface area contributed by atoms with Crippen LogP contribution in [0.25, 0.3) is 22.4 Å². The summed E-state index contributed by atoms with van der Waals surface area (Å²) in [5, 5.41) is 10.1. The number of nitrogens with zero attached hydrogens (tertiary/aromatic N) is 1. The molecule has 0 aliphatic rings. The van der Waals surface area contributed by atoms with Crippen molar-refractivity contribution in [1.82, 2.24) is 10.2 Å². The van der Waals surface area contributed by atoms with Crippen molar-refractivity contribution in [3.8, 4) is 22.4 Å². The molecule has 1 amide bonds. The number of aryl methyl sites for hydroxylation is 1. The Labute approximate surface area is 178 Å². The summed E-state index contributed by atoms with van der Waals surface area (Å²) in [4.78, 5) is 26.0. The highest BCUT2D eigenvalue weighted by Gasteiger charge is 2.23. The third-order valence-electron chi connectivity index (χ3n) is 4.77. The minimum atomic E-state index is -0.564. The first-order valence-electron chi connectivity index (χ1n) is 9.35. The number of halogens is 1. The molecule has 0 aliphatic heterocycles. The Hall–Kier alpha value is -3.70. The maximum atomic E-state index is 13.3. The van der Waals surface area contributed by atoms with Gasteiger partial charge in [0.15, 0.2) is 0 Å². The van der Waals surface area contributed by atoms with Crippen LogP contribution in [0.3, 0.4) is 0 Å². The third kappa shape index (κ3) is 3.88. The van der Waals surface area contributed by atoms with E-state index in [1.807, 2.05) is 73.7 Å². The summed E-state index contributed by atoms with van der Waals surface area (Å²) in [7, 11) is 0. The number of rotatable bonds is 4. The molecule has 148 valence electrons. The van der Waals surface area contributed by atoms with E-state index in [1.165, 1.54) is 0 Å². The fourth-order valence-electron chi connectivity index (χ4n) is 3.27. The summed E-state index contributed by atoms with van der Waals surface area (Å²) in [6.07, 6.45) is 0. The second kappa shape index (κ2) is 8.35. The Morgan fingerprint density at radius 2 is 1.57 bits per heavy atom. The van der Waals surface area contributed by atoms with Crippen molar-refractivity contribution in [2.45, 2.75) is 6.92 Å². The Morgan fingerprint density at radius 1 is 0.933 bits per heavy atom. The lowest BCUT2D eigenvalue weighted by atomic mass is 9.95. The molecule has 1 heterocycles. The summed E-state index contributed by atoms with van der Waals surface area (Å²) in [5.74, 6) is -0.528. The number of anilines is 1. The molecular weight excluding hydrogens is 398 g/mol. The van der Waals surface area contributed by atoms with Gasteiger partial charge in [-0.15, -0.1) is 0 Å². The van der Waals surface area contributed by atoms with E-state index < -0.39 is 11.5 Å². The number of nitrogens with one attached hydrogen (secondary N) is 2. The number of H-pyrrole nitrogens is 1. The topological polar surface area (TPSA) is 74.8 Å². The summed E-state index contributed by atoms with van der Waals surface area (Å²) in [5.41, 5.74) is 3.33. The zero-order valence-electron chi connectivity index (χ0n) is 16.1. The lowest BCUT2D eigenvalue weighted by Gasteiger charge is -2.14. The van der Waals surface area contributed by atoms with Crippen LogP contribution >= 0.6 is 11.6 Å². The molecular formula is C24H18ClN3O2. The summed E-state index contributed by atoms with van der Waals surface area (Å²) < 4.78 is 0. The van der Waals surface area contributed by atoms with Gasteiger partial charge in [0.2, 0.25) is 0 Å². The van der Waals surface area contributed by atoms with Crippen molar-refractivity contribution in [1.29, 1.82) is 0 Å². The van der Waals surface area contributed by atoms with Gasteiger partial charge in [0.25, 0.3) is 11.5 Å². The molecule has 0 atom stereocenters. The minimum absolute atomic E-state index is 0.00516. The molecule has 0 saturated carbocycles. The molecule has 5 nitrogen and oxygen atoms in total. The van der Waals surface area contributed by atoms with Crippen LogP contribution in [0, 0.1) is 6.92 Å². The van der Waals surface area contributed by atoms with Crippen LogP contribution in [-0.4, -0.2) is 16.1 Å². The normalized spacial score (nSPS) is 10.6. The van der Waals surface area contributed by atoms with Crippen LogP contribution in [0.2, 0.25) is 5.02 Å². The van der Waals surface area contributed by atoms with E-state index in [9.17, 15) is 9.59 Å². The van der Waals surface area contributed by atoms with Crippen molar-refractivity contribution in [2.24, 2.45) is 0 Å². The fourth-order valence-corrected chi connectivity index (χ4v) is 3.44. The molecule has 0 aliphatic carbocycles. The van der Waals surface area contributed by atoms with Crippen molar-refractivity contribution in [3.63, 3.8) is 0 Å². The Kier molecular flexibility index (Phi) is 5.46. The Bertz CT molecular complexity index is 1270. The molecule has 2 N–H and O–H groups in total. The van der Waals surface area contributed by atoms with Crippen molar-refractivity contribution in [2.75, 3.05) is 5.32 Å². The quantitative estimate of drug-likeness (QED) is 0.473. The predicted molar refractivity (Wildman–Crippen MR) is 120 cm³/mol. The zero-order chi connectivity index (χ0) is 21.1. The first-order valence-corrected chi connectivity index (χ1v) is 9.73. The molecule has 0 bridgehead atoms. The molecule has 0 radical (unpaired) electrons. The van der Waals surface area contributed by atoms with Gasteiger partial charge < -0.3 is 5.32 Å². The second-order valence-electron chi connectivity index (χ2n) is 6.80. The monoisotopic (exact) mass is 415 g/mol. The van der Waals surface area contributed by atoms with Gasteiger partial charge in [0.05, 0.1) is 5.69 Å². The van der Waals surface area contributed by atoms with Gasteiger partial charge in [-0.2, -0.15) is 5.10 Å². The van der Waals surface area contributed by atoms with Gasteiger partial charge in [0, 0.05) is 21.8 Å². The third-order valence-corrected chi connectivity index (χ3v) is 5.00. The van der Waals surface area contributed by atoms with Gasteiger partial charge in [-0.05, 0) is 30.2 Å². The van der Waals surface area contributed by atoms with Crippen molar-refractivity contribution >= 4 is 23.2 Å². The molecule has 0 fully saturated rings. The Morgan fingerprint density at radius 3 is 2.23 bits per heavy atom. The van der Waals surface area contributed by atoms with E-state index in [-0.39, 0.29) is 5.56 Å². The van der Waals surface area contributed by atoms with Crippen molar-refractivity contribution < 1.29 is 4.79 Å². The van der Waals surface area contributed by atoms with Crippen LogP contribution in [-0.2, 0) is 0 Å². The van der Waals surface area contributed by atoms with E-state index in [0.29, 0.717) is 22.0 Å². The summed E-state index contributed by atoms with van der Waals surface area (Å²) in [6, 6.07) is 23.9. The van der Waals surface area contributed by atoms with Crippen LogP contribution in [0.4, 0.5) is 5.69 Å². The number of benzene rings is 3. The van der Waals surface area contributed by atoms with Gasteiger partial charge in [-0.1, -0.05) is 78.3 Å². The second-order valence-corrected chi connectivity index (χ2v) is 7.23. The lowest BCUT2D eigenvalue weighted by Crippen LogP contribution is -2.26. The first-order chi connectivity index (χ1) is 14.5. The number of carbonyl (C=O) groups is 1. The molecule has 0 saturated heterocycles. The molecule has 30 heavy (non-hydrogen) atoms. The van der Waals surface area contributed by atoms with Gasteiger partial charge in [-0.25, -0.2) is 5.10 Å². The number of aromatic amines is 1. The van der Waals surface area contributed by atoms with Crippen LogP contribution in [0.5, 0.6) is 0 Å². The molecule has 4 aromatic rings. The van der Waals surface area contributed by atoms with Gasteiger partial charge >= 0.3 is 0 Å². The highest BCUT2D eigenvalue weighted by Crippen LogP contribution is 2.32. The Balaban J connectivity index is 1.92. The number of carbonyl (C=O) groups excluding carboxylic acids is 1. The standard InChI is InChI=1S/C24H18ClN3O2/c1-15-12-13-18(25)14-19(15)26-23(29)21-20(16-8-4-2-5-9-16)22(27-28-24(21)30)17-10-6-3-7-11-17/h2-14H,1H3,(H,26,29)(H,28,30). The van der Waals surface area contributed by atoms with E-state index in [0.717, 1.165) is 16.7 Å². The van der Waals surface area contributed by atoms with Crippen LogP contribution in [0.1, 0.15) is 15.9 Å². The maximum Gasteiger partial charge on any atom is 0.277 e. The zero-order valence-corrected chi connectivity index (χ0v) is 16.9. The predicted octanol–water partition coefficient (Wildman–Crippen LogP) is 5.32. The summed E-state index contributed by atoms with van der Waals surface area (Å²) in [6.45, 7) is 1.86. The van der Waals surface area contributed by atoms with Gasteiger partial charge in [0.1, 0.15) is 5.56 Å². The molecule has 0 spiro atoms. The van der Waals surface area contributed by atoms with Gasteiger partial charge in [-0.3, -0.25) is 9.59 Å². The number of aromatic nitrogens is 2. The largest absolute Gasteiger partial charge is 0.322 e. The molecule has 0 unspecified atom stereocenters. The molecule has 4 rings (SSSR count). The molecule has 6 heteroatoms. The van der Waals surface area contributed by atoms with Crippen molar-refractivity contribution in [3.05, 3.63) is 105 Å². The smallest absolute Gasteiger partial charge is 0.277 e.